The molecule has 0 radical (unpaired) electrons. The second kappa shape index (κ2) is 4.96. The number of carbonyl (C=O) groups excluding carboxylic acids is 1. The molecule has 0 spiro atoms. The maximum atomic E-state index is 13.2. The summed E-state index contributed by atoms with van der Waals surface area (Å²) in [4.78, 5) is 14.1. The van der Waals surface area contributed by atoms with Crippen molar-refractivity contribution in [3.05, 3.63) is 29.6 Å². The van der Waals surface area contributed by atoms with Crippen LogP contribution in [-0.4, -0.2) is 23.9 Å². The van der Waals surface area contributed by atoms with Gasteiger partial charge in [-0.2, -0.15) is 0 Å². The lowest BCUT2D eigenvalue weighted by Gasteiger charge is -2.35. The van der Waals surface area contributed by atoms with Crippen LogP contribution in [0.15, 0.2) is 18.2 Å². The van der Waals surface area contributed by atoms with Gasteiger partial charge in [-0.05, 0) is 36.5 Å². The summed E-state index contributed by atoms with van der Waals surface area (Å²) in [6.45, 7) is 5.81. The molecule has 1 aromatic rings. The quantitative estimate of drug-likeness (QED) is 0.778. The van der Waals surface area contributed by atoms with E-state index in [0.29, 0.717) is 17.4 Å². The van der Waals surface area contributed by atoms with Crippen molar-refractivity contribution in [3.8, 4) is 0 Å². The number of nitrogens with zero attached hydrogens (tertiary/aromatic N) is 1. The fraction of sp³-hybridized carbons (Fsp3) is 0.500. The van der Waals surface area contributed by atoms with Gasteiger partial charge < -0.3 is 10.6 Å². The van der Waals surface area contributed by atoms with E-state index >= 15 is 0 Å². The highest BCUT2D eigenvalue weighted by molar-refractivity contribution is 5.95. The van der Waals surface area contributed by atoms with E-state index < -0.39 is 5.82 Å². The van der Waals surface area contributed by atoms with Crippen molar-refractivity contribution in [2.24, 2.45) is 11.8 Å². The highest BCUT2D eigenvalue weighted by Gasteiger charge is 2.26. The summed E-state index contributed by atoms with van der Waals surface area (Å²) in [7, 11) is 0. The average Bonchev–Trinajstić information content (AvgIpc) is 2.30. The Hall–Kier alpha value is -1.58. The van der Waals surface area contributed by atoms with Gasteiger partial charge >= 0.3 is 0 Å². The van der Waals surface area contributed by atoms with Crippen molar-refractivity contribution in [2.75, 3.05) is 18.8 Å². The Labute approximate surface area is 107 Å². The molecule has 0 aliphatic carbocycles. The highest BCUT2D eigenvalue weighted by atomic mass is 19.1. The SMILES string of the molecule is CC1CCN(C(=O)c2cc(N)cc(F)c2)CC1C. The van der Waals surface area contributed by atoms with Crippen LogP contribution in [0.3, 0.4) is 0 Å². The third-order valence-electron chi connectivity index (χ3n) is 3.79. The van der Waals surface area contributed by atoms with Gasteiger partial charge in [-0.25, -0.2) is 4.39 Å². The zero-order valence-corrected chi connectivity index (χ0v) is 10.8. The number of anilines is 1. The van der Waals surface area contributed by atoms with E-state index in [0.717, 1.165) is 19.5 Å². The highest BCUT2D eigenvalue weighted by Crippen LogP contribution is 2.24. The van der Waals surface area contributed by atoms with E-state index in [9.17, 15) is 9.18 Å². The van der Waals surface area contributed by atoms with Crippen molar-refractivity contribution >= 4 is 11.6 Å². The summed E-state index contributed by atoms with van der Waals surface area (Å²) >= 11 is 0. The van der Waals surface area contributed by atoms with Gasteiger partial charge in [0.15, 0.2) is 0 Å². The zero-order valence-electron chi connectivity index (χ0n) is 10.8. The van der Waals surface area contributed by atoms with Gasteiger partial charge in [0, 0.05) is 24.3 Å². The first-order chi connectivity index (χ1) is 8.47. The normalized spacial score (nSPS) is 24.1. The van der Waals surface area contributed by atoms with Gasteiger partial charge in [0.1, 0.15) is 5.82 Å². The van der Waals surface area contributed by atoms with E-state index in [1.807, 2.05) is 0 Å². The van der Waals surface area contributed by atoms with Crippen LogP contribution in [0, 0.1) is 17.7 Å². The van der Waals surface area contributed by atoms with Gasteiger partial charge in [0.25, 0.3) is 5.91 Å². The van der Waals surface area contributed by atoms with Gasteiger partial charge in [-0.1, -0.05) is 13.8 Å². The van der Waals surface area contributed by atoms with Crippen molar-refractivity contribution < 1.29 is 9.18 Å². The molecule has 4 heteroatoms. The number of likely N-dealkylation sites (tertiary alicyclic amines) is 1. The van der Waals surface area contributed by atoms with Gasteiger partial charge in [0.05, 0.1) is 0 Å². The number of hydrogen-bond acceptors (Lipinski definition) is 2. The Morgan fingerprint density at radius 2 is 2.06 bits per heavy atom. The molecule has 1 aliphatic rings. The second-order valence-corrected chi connectivity index (χ2v) is 5.27. The number of piperidine rings is 1. The number of hydrogen-bond donors (Lipinski definition) is 1. The summed E-state index contributed by atoms with van der Waals surface area (Å²) in [6, 6.07) is 4.01. The Kier molecular flexibility index (Phi) is 3.55. The fourth-order valence-electron chi connectivity index (χ4n) is 2.37. The van der Waals surface area contributed by atoms with E-state index in [4.69, 9.17) is 5.73 Å². The molecule has 1 aliphatic heterocycles. The number of halogens is 1. The lowest BCUT2D eigenvalue weighted by atomic mass is 9.88. The molecule has 2 atom stereocenters. The first kappa shape index (κ1) is 12.9. The Morgan fingerprint density at radius 1 is 1.33 bits per heavy atom. The molecule has 0 bridgehead atoms. The minimum absolute atomic E-state index is 0.125. The minimum atomic E-state index is -0.461. The third kappa shape index (κ3) is 2.63. The number of rotatable bonds is 1. The summed E-state index contributed by atoms with van der Waals surface area (Å²) in [5.74, 6) is 0.525. The molecule has 2 N–H and O–H groups in total. The Bertz CT molecular complexity index is 441. The third-order valence-corrected chi connectivity index (χ3v) is 3.79. The van der Waals surface area contributed by atoms with Crippen molar-refractivity contribution in [1.29, 1.82) is 0 Å². The maximum Gasteiger partial charge on any atom is 0.254 e. The predicted molar refractivity (Wildman–Crippen MR) is 69.7 cm³/mol. The number of amides is 1. The molecule has 3 nitrogen and oxygen atoms in total. The maximum absolute atomic E-state index is 13.2. The van der Waals surface area contributed by atoms with Crippen LogP contribution in [0.25, 0.3) is 0 Å². The second-order valence-electron chi connectivity index (χ2n) is 5.27. The zero-order chi connectivity index (χ0) is 13.3. The van der Waals surface area contributed by atoms with Crippen LogP contribution in [0.5, 0.6) is 0 Å². The molecule has 1 saturated heterocycles. The summed E-state index contributed by atoms with van der Waals surface area (Å²) in [5, 5.41) is 0. The van der Waals surface area contributed by atoms with Crippen LogP contribution >= 0.6 is 0 Å². The molecule has 18 heavy (non-hydrogen) atoms. The lowest BCUT2D eigenvalue weighted by molar-refractivity contribution is 0.0627. The van der Waals surface area contributed by atoms with Crippen LogP contribution in [0.4, 0.5) is 10.1 Å². The Balaban J connectivity index is 2.16. The molecule has 1 heterocycles. The molecule has 98 valence electrons. The minimum Gasteiger partial charge on any atom is -0.399 e. The van der Waals surface area contributed by atoms with E-state index in [1.165, 1.54) is 18.2 Å². The monoisotopic (exact) mass is 250 g/mol. The average molecular weight is 250 g/mol. The van der Waals surface area contributed by atoms with Crippen molar-refractivity contribution in [3.63, 3.8) is 0 Å². The van der Waals surface area contributed by atoms with Crippen LogP contribution in [-0.2, 0) is 0 Å². The van der Waals surface area contributed by atoms with Crippen molar-refractivity contribution in [2.45, 2.75) is 20.3 Å². The molecule has 1 fully saturated rings. The topological polar surface area (TPSA) is 46.3 Å². The van der Waals surface area contributed by atoms with Crippen LogP contribution in [0.1, 0.15) is 30.6 Å². The van der Waals surface area contributed by atoms with E-state index in [1.54, 1.807) is 4.90 Å². The molecule has 2 unspecified atom stereocenters. The first-order valence-corrected chi connectivity index (χ1v) is 6.32. The lowest BCUT2D eigenvalue weighted by Crippen LogP contribution is -2.42. The molecule has 1 amide bonds. The largest absolute Gasteiger partial charge is 0.399 e. The number of benzene rings is 1. The van der Waals surface area contributed by atoms with Crippen molar-refractivity contribution in [1.82, 2.24) is 4.90 Å². The number of nitrogen functional groups attached to an aromatic ring is 1. The Morgan fingerprint density at radius 3 is 2.67 bits per heavy atom. The predicted octanol–water partition coefficient (Wildman–Crippen LogP) is 2.53. The number of nitrogens with two attached hydrogens (primary N) is 1. The van der Waals surface area contributed by atoms with E-state index in [2.05, 4.69) is 13.8 Å². The standard InChI is InChI=1S/C14H19FN2O/c1-9-3-4-17(8-10(9)2)14(18)11-5-12(15)7-13(16)6-11/h5-7,9-10H,3-4,8,16H2,1-2H3. The van der Waals surface area contributed by atoms with Gasteiger partial charge in [-0.15, -0.1) is 0 Å². The van der Waals surface area contributed by atoms with E-state index in [-0.39, 0.29) is 11.6 Å². The molecule has 0 aromatic heterocycles. The molecule has 0 saturated carbocycles. The molecular weight excluding hydrogens is 231 g/mol. The number of carbonyl (C=O) groups is 1. The molecule has 2 rings (SSSR count). The van der Waals surface area contributed by atoms with Crippen LogP contribution in [0.2, 0.25) is 0 Å². The first-order valence-electron chi connectivity index (χ1n) is 6.32. The fourth-order valence-corrected chi connectivity index (χ4v) is 2.37. The summed E-state index contributed by atoms with van der Waals surface area (Å²) < 4.78 is 13.2. The summed E-state index contributed by atoms with van der Waals surface area (Å²) in [5.41, 5.74) is 6.20. The summed E-state index contributed by atoms with van der Waals surface area (Å²) in [6.07, 6.45) is 0.998. The van der Waals surface area contributed by atoms with Gasteiger partial charge in [0.2, 0.25) is 0 Å². The van der Waals surface area contributed by atoms with Gasteiger partial charge in [-0.3, -0.25) is 4.79 Å². The molecule has 1 aromatic carbocycles. The smallest absolute Gasteiger partial charge is 0.254 e. The van der Waals surface area contributed by atoms with Crippen LogP contribution < -0.4 is 5.73 Å². The molecular formula is C14H19FN2O.